The van der Waals surface area contributed by atoms with Crippen LogP contribution in [0.3, 0.4) is 0 Å². The molecule has 6 nitrogen and oxygen atoms in total. The fourth-order valence-corrected chi connectivity index (χ4v) is 3.11. The predicted octanol–water partition coefficient (Wildman–Crippen LogP) is 2.46. The minimum Gasteiger partial charge on any atom is -0.508 e. The van der Waals surface area contributed by atoms with Crippen molar-refractivity contribution in [1.82, 2.24) is 4.90 Å². The molecule has 2 aromatic carbocycles. The first-order valence-electron chi connectivity index (χ1n) is 7.88. The average Bonchev–Trinajstić information content (AvgIpc) is 2.88. The van der Waals surface area contributed by atoms with Gasteiger partial charge in [0.05, 0.1) is 18.2 Å². The molecule has 1 saturated heterocycles. The van der Waals surface area contributed by atoms with Gasteiger partial charge in [-0.25, -0.2) is 0 Å². The van der Waals surface area contributed by atoms with Gasteiger partial charge in [0, 0.05) is 17.1 Å². The number of benzene rings is 2. The molecule has 0 bridgehead atoms. The lowest BCUT2D eigenvalue weighted by Gasteiger charge is -2.24. The number of β-amino-alcohol motifs (C(OH)–C–C–N with tert-alkyl or cyclic N) is 1. The van der Waals surface area contributed by atoms with Gasteiger partial charge in [-0.05, 0) is 42.0 Å². The molecule has 1 heterocycles. The van der Waals surface area contributed by atoms with Crippen molar-refractivity contribution in [2.24, 2.45) is 0 Å². The number of Topliss-reactive ketones (excluding diaryl/α,β-unsaturated/α-hetero) is 1. The standard InChI is InChI=1S/C19H16ClNO5/c20-13-5-1-12(2-6-13)17(24)15-16(11-3-7-14(23)8-4-11)21(9-10-22)19(26)18(15)25/h1-8,16,22-24H,9-10H2/b17-15+. The van der Waals surface area contributed by atoms with Crippen LogP contribution in [0, 0.1) is 0 Å². The number of amides is 1. The summed E-state index contributed by atoms with van der Waals surface area (Å²) >= 11 is 5.85. The third-order valence-electron chi connectivity index (χ3n) is 4.21. The minimum absolute atomic E-state index is 0.0329. The van der Waals surface area contributed by atoms with Crippen molar-refractivity contribution in [3.63, 3.8) is 0 Å². The molecule has 1 unspecified atom stereocenters. The van der Waals surface area contributed by atoms with Crippen molar-refractivity contribution in [3.05, 3.63) is 70.3 Å². The van der Waals surface area contributed by atoms with Gasteiger partial charge in [-0.3, -0.25) is 9.59 Å². The largest absolute Gasteiger partial charge is 0.508 e. The van der Waals surface area contributed by atoms with Gasteiger partial charge in [-0.2, -0.15) is 0 Å². The van der Waals surface area contributed by atoms with Gasteiger partial charge in [0.25, 0.3) is 11.7 Å². The highest BCUT2D eigenvalue weighted by atomic mass is 35.5. The number of likely N-dealkylation sites (tertiary alicyclic amines) is 1. The van der Waals surface area contributed by atoms with Crippen molar-refractivity contribution in [3.8, 4) is 5.75 Å². The van der Waals surface area contributed by atoms with Crippen molar-refractivity contribution < 1.29 is 24.9 Å². The highest BCUT2D eigenvalue weighted by Crippen LogP contribution is 2.39. The molecule has 1 atom stereocenters. The number of hydrogen-bond donors (Lipinski definition) is 3. The van der Waals surface area contributed by atoms with Crippen LogP contribution in [0.4, 0.5) is 0 Å². The lowest BCUT2D eigenvalue weighted by molar-refractivity contribution is -0.140. The molecule has 7 heteroatoms. The molecule has 1 aliphatic rings. The number of aliphatic hydroxyl groups is 2. The van der Waals surface area contributed by atoms with Gasteiger partial charge in [0.1, 0.15) is 11.5 Å². The maximum atomic E-state index is 12.6. The molecule has 2 aromatic rings. The zero-order chi connectivity index (χ0) is 18.8. The van der Waals surface area contributed by atoms with Crippen LogP contribution < -0.4 is 0 Å². The van der Waals surface area contributed by atoms with E-state index in [1.165, 1.54) is 17.0 Å². The van der Waals surface area contributed by atoms with Gasteiger partial charge >= 0.3 is 0 Å². The summed E-state index contributed by atoms with van der Waals surface area (Å²) in [4.78, 5) is 26.2. The van der Waals surface area contributed by atoms with Crippen LogP contribution in [0.2, 0.25) is 5.02 Å². The summed E-state index contributed by atoms with van der Waals surface area (Å²) in [6, 6.07) is 11.3. The number of aliphatic hydroxyl groups excluding tert-OH is 2. The highest BCUT2D eigenvalue weighted by molar-refractivity contribution is 6.46. The summed E-state index contributed by atoms with van der Waals surface area (Å²) in [5.74, 6) is -1.92. The van der Waals surface area contributed by atoms with Crippen molar-refractivity contribution in [1.29, 1.82) is 0 Å². The van der Waals surface area contributed by atoms with Gasteiger partial charge in [0.2, 0.25) is 0 Å². The van der Waals surface area contributed by atoms with Crippen LogP contribution in [0.5, 0.6) is 5.75 Å². The molecule has 3 rings (SSSR count). The van der Waals surface area contributed by atoms with Gasteiger partial charge in [0.15, 0.2) is 0 Å². The van der Waals surface area contributed by atoms with E-state index in [1.54, 1.807) is 36.4 Å². The van der Waals surface area contributed by atoms with Crippen LogP contribution in [0.15, 0.2) is 54.1 Å². The average molecular weight is 374 g/mol. The number of aromatic hydroxyl groups is 1. The van der Waals surface area contributed by atoms with Crippen LogP contribution in [-0.4, -0.2) is 45.1 Å². The van der Waals surface area contributed by atoms with Crippen molar-refractivity contribution in [2.75, 3.05) is 13.2 Å². The molecule has 3 N–H and O–H groups in total. The zero-order valence-electron chi connectivity index (χ0n) is 13.6. The highest BCUT2D eigenvalue weighted by Gasteiger charge is 2.45. The zero-order valence-corrected chi connectivity index (χ0v) is 14.3. The number of rotatable bonds is 4. The third-order valence-corrected chi connectivity index (χ3v) is 4.46. The topological polar surface area (TPSA) is 98.1 Å². The number of hydrogen-bond acceptors (Lipinski definition) is 5. The Kier molecular flexibility index (Phi) is 4.97. The van der Waals surface area contributed by atoms with E-state index in [9.17, 15) is 24.9 Å². The normalized spacial score (nSPS) is 19.2. The lowest BCUT2D eigenvalue weighted by Crippen LogP contribution is -2.32. The Bertz CT molecular complexity index is 874. The molecule has 0 spiro atoms. The molecule has 0 radical (unpaired) electrons. The minimum atomic E-state index is -0.863. The van der Waals surface area contributed by atoms with Crippen LogP contribution in [0.1, 0.15) is 17.2 Å². The van der Waals surface area contributed by atoms with Crippen LogP contribution in [0.25, 0.3) is 5.76 Å². The molecule has 1 aliphatic heterocycles. The van der Waals surface area contributed by atoms with Gasteiger partial charge in [-0.1, -0.05) is 23.7 Å². The summed E-state index contributed by atoms with van der Waals surface area (Å²) < 4.78 is 0. The number of halogens is 1. The maximum absolute atomic E-state index is 12.6. The number of carbonyl (C=O) groups is 2. The van der Waals surface area contributed by atoms with E-state index in [0.717, 1.165) is 0 Å². The molecule has 0 aliphatic carbocycles. The Morgan fingerprint density at radius 3 is 2.23 bits per heavy atom. The number of nitrogens with zero attached hydrogens (tertiary/aromatic N) is 1. The Morgan fingerprint density at radius 2 is 1.65 bits per heavy atom. The second-order valence-electron chi connectivity index (χ2n) is 5.81. The van der Waals surface area contributed by atoms with E-state index < -0.39 is 17.7 Å². The summed E-state index contributed by atoms with van der Waals surface area (Å²) in [5.41, 5.74) is 0.808. The Morgan fingerprint density at radius 1 is 1.04 bits per heavy atom. The molecule has 26 heavy (non-hydrogen) atoms. The number of phenols is 1. The molecule has 1 fully saturated rings. The molecule has 0 aromatic heterocycles. The van der Waals surface area contributed by atoms with Crippen molar-refractivity contribution in [2.45, 2.75) is 6.04 Å². The van der Waals surface area contributed by atoms with Crippen LogP contribution in [-0.2, 0) is 9.59 Å². The fraction of sp³-hybridized carbons (Fsp3) is 0.158. The smallest absolute Gasteiger partial charge is 0.295 e. The van der Waals surface area contributed by atoms with Crippen molar-refractivity contribution >= 4 is 29.1 Å². The molecule has 0 saturated carbocycles. The van der Waals surface area contributed by atoms with E-state index in [-0.39, 0.29) is 30.2 Å². The first kappa shape index (κ1) is 18.0. The van der Waals surface area contributed by atoms with E-state index >= 15 is 0 Å². The van der Waals surface area contributed by atoms with Crippen LogP contribution >= 0.6 is 11.6 Å². The van der Waals surface area contributed by atoms with E-state index in [4.69, 9.17) is 11.6 Å². The SMILES string of the molecule is O=C1C(=O)N(CCO)C(c2ccc(O)cc2)/C1=C(\O)c1ccc(Cl)cc1. The summed E-state index contributed by atoms with van der Waals surface area (Å²) in [6.07, 6.45) is 0. The van der Waals surface area contributed by atoms with E-state index in [1.807, 2.05) is 0 Å². The first-order valence-corrected chi connectivity index (χ1v) is 8.26. The Hall–Kier alpha value is -2.83. The molecule has 1 amide bonds. The monoisotopic (exact) mass is 373 g/mol. The fourth-order valence-electron chi connectivity index (χ4n) is 2.98. The Labute approximate surface area is 154 Å². The summed E-state index contributed by atoms with van der Waals surface area (Å²) in [6.45, 7) is -0.393. The van der Waals surface area contributed by atoms with Gasteiger partial charge in [-0.15, -0.1) is 0 Å². The maximum Gasteiger partial charge on any atom is 0.295 e. The lowest BCUT2D eigenvalue weighted by atomic mass is 9.95. The summed E-state index contributed by atoms with van der Waals surface area (Å²) in [7, 11) is 0. The second-order valence-corrected chi connectivity index (χ2v) is 6.25. The third kappa shape index (κ3) is 3.16. The molecule has 134 valence electrons. The molecular weight excluding hydrogens is 358 g/mol. The number of carbonyl (C=O) groups excluding carboxylic acids is 2. The molecular formula is C19H16ClNO5. The quantitative estimate of drug-likeness (QED) is 0.434. The number of phenolic OH excluding ortho intramolecular Hbond substituents is 1. The Balaban J connectivity index is 2.17. The van der Waals surface area contributed by atoms with E-state index in [2.05, 4.69) is 0 Å². The predicted molar refractivity (Wildman–Crippen MR) is 95.7 cm³/mol. The number of ketones is 1. The van der Waals surface area contributed by atoms with E-state index in [0.29, 0.717) is 16.1 Å². The summed E-state index contributed by atoms with van der Waals surface area (Å²) in [5, 5.41) is 29.9. The first-order chi connectivity index (χ1) is 12.4. The van der Waals surface area contributed by atoms with Gasteiger partial charge < -0.3 is 20.2 Å². The second kappa shape index (κ2) is 7.19.